The van der Waals surface area contributed by atoms with Crippen molar-refractivity contribution in [1.29, 1.82) is 0 Å². The van der Waals surface area contributed by atoms with E-state index in [0.717, 1.165) is 36.6 Å². The summed E-state index contributed by atoms with van der Waals surface area (Å²) in [5.41, 5.74) is 1.39. The maximum atomic E-state index is 5.20. The van der Waals surface area contributed by atoms with Crippen LogP contribution in [-0.4, -0.2) is 24.7 Å². The van der Waals surface area contributed by atoms with E-state index in [1.165, 1.54) is 0 Å². The fourth-order valence-electron chi connectivity index (χ4n) is 1.59. The molecule has 0 saturated carbocycles. The summed E-state index contributed by atoms with van der Waals surface area (Å²) in [7, 11) is 0. The highest BCUT2D eigenvalue weighted by molar-refractivity contribution is 9.10. The fraction of sp³-hybridized carbons (Fsp3) is 0.545. The third-order valence-corrected chi connectivity index (χ3v) is 2.97. The largest absolute Gasteiger partial charge is 0.380 e. The molecule has 1 N–H and O–H groups in total. The van der Waals surface area contributed by atoms with E-state index in [1.54, 1.807) is 0 Å². The van der Waals surface area contributed by atoms with Crippen LogP contribution in [0.15, 0.2) is 22.8 Å². The third kappa shape index (κ3) is 3.00. The monoisotopic (exact) mass is 270 g/mol. The summed E-state index contributed by atoms with van der Waals surface area (Å²) in [6, 6.07) is 5.96. The fourth-order valence-corrected chi connectivity index (χ4v) is 1.97. The zero-order valence-corrected chi connectivity index (χ0v) is 10.4. The van der Waals surface area contributed by atoms with E-state index in [2.05, 4.69) is 33.2 Å². The van der Waals surface area contributed by atoms with Gasteiger partial charge in [0.2, 0.25) is 0 Å². The van der Waals surface area contributed by atoms with Crippen LogP contribution in [0.1, 0.15) is 12.6 Å². The van der Waals surface area contributed by atoms with Crippen LogP contribution in [0.3, 0.4) is 0 Å². The summed E-state index contributed by atoms with van der Waals surface area (Å²) in [5, 5.41) is 3.41. The summed E-state index contributed by atoms with van der Waals surface area (Å²) >= 11 is 3.36. The minimum Gasteiger partial charge on any atom is -0.380 e. The number of ether oxygens (including phenoxy) is 1. The molecule has 1 fully saturated rings. The minimum absolute atomic E-state index is 0.325. The number of hydrogen-bond acceptors (Lipinski definition) is 3. The second kappa shape index (κ2) is 4.60. The zero-order valence-electron chi connectivity index (χ0n) is 8.79. The Hall–Kier alpha value is -0.450. The van der Waals surface area contributed by atoms with Crippen molar-refractivity contribution in [3.63, 3.8) is 0 Å². The molecule has 4 heteroatoms. The predicted octanol–water partition coefficient (Wildman–Crippen LogP) is 1.97. The molecule has 0 atom stereocenters. The van der Waals surface area contributed by atoms with Gasteiger partial charge in [-0.25, -0.2) is 4.98 Å². The highest BCUT2D eigenvalue weighted by Gasteiger charge is 2.32. The number of aromatic nitrogens is 1. The Morgan fingerprint density at radius 2 is 2.33 bits per heavy atom. The molecule has 2 rings (SSSR count). The van der Waals surface area contributed by atoms with Gasteiger partial charge in [0.05, 0.1) is 18.9 Å². The molecule has 82 valence electrons. The average molecular weight is 271 g/mol. The topological polar surface area (TPSA) is 34.2 Å². The number of halogens is 1. The van der Waals surface area contributed by atoms with E-state index in [1.807, 2.05) is 18.2 Å². The number of nitrogens with zero attached hydrogens (tertiary/aromatic N) is 1. The minimum atomic E-state index is 0.325. The second-order valence-corrected chi connectivity index (χ2v) is 5.17. The quantitative estimate of drug-likeness (QED) is 0.850. The summed E-state index contributed by atoms with van der Waals surface area (Å²) < 4.78 is 6.09. The van der Waals surface area contributed by atoms with Gasteiger partial charge in [0, 0.05) is 18.5 Å². The highest BCUT2D eigenvalue weighted by atomic mass is 79.9. The van der Waals surface area contributed by atoms with Gasteiger partial charge in [0.1, 0.15) is 4.60 Å². The maximum absolute atomic E-state index is 5.20. The van der Waals surface area contributed by atoms with Crippen LogP contribution in [0.2, 0.25) is 0 Å². The molecule has 0 spiro atoms. The van der Waals surface area contributed by atoms with Gasteiger partial charge >= 0.3 is 0 Å². The van der Waals surface area contributed by atoms with Crippen molar-refractivity contribution in [3.8, 4) is 0 Å². The predicted molar refractivity (Wildman–Crippen MR) is 62.6 cm³/mol. The molecule has 0 aromatic carbocycles. The van der Waals surface area contributed by atoms with Crippen molar-refractivity contribution in [2.45, 2.75) is 13.5 Å². The van der Waals surface area contributed by atoms with Crippen LogP contribution in [0, 0.1) is 5.41 Å². The summed E-state index contributed by atoms with van der Waals surface area (Å²) in [4.78, 5) is 4.36. The van der Waals surface area contributed by atoms with E-state index >= 15 is 0 Å². The van der Waals surface area contributed by atoms with Gasteiger partial charge in [-0.15, -0.1) is 0 Å². The first-order valence-electron chi connectivity index (χ1n) is 5.08. The molecule has 0 aliphatic carbocycles. The number of hydrogen-bond donors (Lipinski definition) is 1. The number of rotatable bonds is 4. The number of nitrogens with one attached hydrogen (secondary N) is 1. The van der Waals surface area contributed by atoms with E-state index in [4.69, 9.17) is 4.74 Å². The Morgan fingerprint density at radius 1 is 1.53 bits per heavy atom. The van der Waals surface area contributed by atoms with Gasteiger partial charge in [-0.1, -0.05) is 13.0 Å². The number of pyridine rings is 1. The van der Waals surface area contributed by atoms with Gasteiger partial charge in [-0.05, 0) is 28.1 Å². The molecule has 0 amide bonds. The van der Waals surface area contributed by atoms with Crippen LogP contribution in [-0.2, 0) is 11.3 Å². The Labute approximate surface area is 98.4 Å². The van der Waals surface area contributed by atoms with E-state index in [-0.39, 0.29) is 0 Å². The Morgan fingerprint density at radius 3 is 2.93 bits per heavy atom. The van der Waals surface area contributed by atoms with Crippen LogP contribution in [0.5, 0.6) is 0 Å². The first-order chi connectivity index (χ1) is 7.18. The van der Waals surface area contributed by atoms with E-state index < -0.39 is 0 Å². The Kier molecular flexibility index (Phi) is 3.38. The van der Waals surface area contributed by atoms with E-state index in [0.29, 0.717) is 5.41 Å². The molecule has 0 unspecified atom stereocenters. The molecular weight excluding hydrogens is 256 g/mol. The first-order valence-corrected chi connectivity index (χ1v) is 5.87. The molecule has 0 bridgehead atoms. The molecule has 1 aromatic rings. The zero-order chi connectivity index (χ0) is 10.7. The molecule has 1 aromatic heterocycles. The normalized spacial score (nSPS) is 18.5. The van der Waals surface area contributed by atoms with Crippen LogP contribution in [0.4, 0.5) is 0 Å². The summed E-state index contributed by atoms with van der Waals surface area (Å²) in [5.74, 6) is 0. The molecule has 1 aliphatic rings. The molecular formula is C11H15BrN2O. The summed E-state index contributed by atoms with van der Waals surface area (Å²) in [6.07, 6.45) is 0. The van der Waals surface area contributed by atoms with Crippen LogP contribution < -0.4 is 5.32 Å². The molecule has 3 nitrogen and oxygen atoms in total. The second-order valence-electron chi connectivity index (χ2n) is 4.36. The van der Waals surface area contributed by atoms with Crippen LogP contribution >= 0.6 is 15.9 Å². The lowest BCUT2D eigenvalue weighted by molar-refractivity contribution is -0.0991. The standard InChI is InChI=1S/C11H15BrN2O/c1-11(7-15-8-11)6-13-5-9-3-2-4-10(12)14-9/h2-4,13H,5-8H2,1H3. The van der Waals surface area contributed by atoms with Crippen molar-refractivity contribution < 1.29 is 4.74 Å². The lowest BCUT2D eigenvalue weighted by atomic mass is 9.89. The van der Waals surface area contributed by atoms with E-state index in [9.17, 15) is 0 Å². The van der Waals surface area contributed by atoms with Crippen molar-refractivity contribution in [3.05, 3.63) is 28.5 Å². The van der Waals surface area contributed by atoms with Crippen LogP contribution in [0.25, 0.3) is 0 Å². The molecule has 0 radical (unpaired) electrons. The van der Waals surface area contributed by atoms with Gasteiger partial charge in [0.25, 0.3) is 0 Å². The van der Waals surface area contributed by atoms with Gasteiger partial charge in [-0.2, -0.15) is 0 Å². The van der Waals surface area contributed by atoms with Crippen molar-refractivity contribution in [2.24, 2.45) is 5.41 Å². The molecule has 1 aliphatic heterocycles. The SMILES string of the molecule is CC1(CNCc2cccc(Br)n2)COC1. The highest BCUT2D eigenvalue weighted by Crippen LogP contribution is 2.25. The van der Waals surface area contributed by atoms with Gasteiger partial charge < -0.3 is 10.1 Å². The Bertz CT molecular complexity index is 339. The Balaban J connectivity index is 1.78. The average Bonchev–Trinajstić information content (AvgIpc) is 2.15. The molecule has 15 heavy (non-hydrogen) atoms. The molecule has 2 heterocycles. The van der Waals surface area contributed by atoms with Crippen molar-refractivity contribution in [1.82, 2.24) is 10.3 Å². The lowest BCUT2D eigenvalue weighted by Gasteiger charge is -2.38. The smallest absolute Gasteiger partial charge is 0.106 e. The third-order valence-electron chi connectivity index (χ3n) is 2.53. The maximum Gasteiger partial charge on any atom is 0.106 e. The van der Waals surface area contributed by atoms with Gasteiger partial charge in [-0.3, -0.25) is 0 Å². The van der Waals surface area contributed by atoms with Gasteiger partial charge in [0.15, 0.2) is 0 Å². The lowest BCUT2D eigenvalue weighted by Crippen LogP contribution is -2.47. The first kappa shape index (κ1) is 11.0. The molecule has 1 saturated heterocycles. The van der Waals surface area contributed by atoms with Crippen molar-refractivity contribution in [2.75, 3.05) is 19.8 Å². The van der Waals surface area contributed by atoms with Crippen molar-refractivity contribution >= 4 is 15.9 Å². The summed E-state index contributed by atoms with van der Waals surface area (Å²) in [6.45, 7) is 5.77.